The molecule has 0 aromatic carbocycles. The van der Waals surface area contributed by atoms with Gasteiger partial charge in [0, 0.05) is 6.20 Å². The number of nitrogens with zero attached hydrogens (tertiary/aromatic N) is 1. The molecule has 0 radical (unpaired) electrons. The molecule has 0 atom stereocenters. The molecule has 5 heteroatoms. The Balaban J connectivity index is 3.30. The highest BCUT2D eigenvalue weighted by molar-refractivity contribution is 5.35. The number of halogens is 3. The molecule has 72 valence electrons. The lowest BCUT2D eigenvalue weighted by molar-refractivity contribution is 0.145. The van der Waals surface area contributed by atoms with Crippen LogP contribution in [-0.2, 0) is 0 Å². The Morgan fingerprint density at radius 2 is 2.08 bits per heavy atom. The van der Waals surface area contributed by atoms with E-state index in [0.717, 1.165) is 13.3 Å². The van der Waals surface area contributed by atoms with Crippen LogP contribution in [-0.4, -0.2) is 12.1 Å². The van der Waals surface area contributed by atoms with E-state index in [1.54, 1.807) is 0 Å². The molecule has 1 heterocycles. The van der Waals surface area contributed by atoms with E-state index >= 15 is 0 Å². The summed E-state index contributed by atoms with van der Waals surface area (Å²) in [6, 6.07) is 0. The molecule has 13 heavy (non-hydrogen) atoms. The van der Waals surface area contributed by atoms with Gasteiger partial charge in [-0.25, -0.2) is 13.2 Å². The number of aromatic nitrogens is 1. The predicted octanol–water partition coefficient (Wildman–Crippen LogP) is 2.48. The van der Waals surface area contributed by atoms with Gasteiger partial charge in [-0.05, 0) is 6.92 Å². The van der Waals surface area contributed by atoms with E-state index < -0.39 is 23.6 Å². The third kappa shape index (κ3) is 1.74. The molecule has 0 fully saturated rings. The number of alkyl halides is 2. The molecule has 0 aliphatic rings. The molecular formula is C8H8F3NO. The van der Waals surface area contributed by atoms with Gasteiger partial charge in [-0.1, -0.05) is 0 Å². The second-order valence-corrected chi connectivity index (χ2v) is 2.45. The van der Waals surface area contributed by atoms with Crippen molar-refractivity contribution in [1.29, 1.82) is 0 Å². The average molecular weight is 191 g/mol. The van der Waals surface area contributed by atoms with Gasteiger partial charge in [0.2, 0.25) is 0 Å². The van der Waals surface area contributed by atoms with Crippen molar-refractivity contribution in [2.45, 2.75) is 13.3 Å². The first kappa shape index (κ1) is 9.83. The fourth-order valence-corrected chi connectivity index (χ4v) is 0.936. The van der Waals surface area contributed by atoms with Crippen molar-refractivity contribution >= 4 is 0 Å². The summed E-state index contributed by atoms with van der Waals surface area (Å²) in [5, 5.41) is 0. The van der Waals surface area contributed by atoms with E-state index in [9.17, 15) is 13.2 Å². The van der Waals surface area contributed by atoms with Gasteiger partial charge in [0.1, 0.15) is 0 Å². The maximum absolute atomic E-state index is 13.1. The highest BCUT2D eigenvalue weighted by atomic mass is 19.3. The molecule has 1 aromatic heterocycles. The molecule has 0 saturated carbocycles. The summed E-state index contributed by atoms with van der Waals surface area (Å²) in [7, 11) is 1.14. The van der Waals surface area contributed by atoms with Crippen molar-refractivity contribution in [3.8, 4) is 5.75 Å². The quantitative estimate of drug-likeness (QED) is 0.716. The highest BCUT2D eigenvalue weighted by Gasteiger charge is 2.19. The first-order valence-corrected chi connectivity index (χ1v) is 3.55. The number of hydrogen-bond acceptors (Lipinski definition) is 2. The van der Waals surface area contributed by atoms with Crippen LogP contribution < -0.4 is 4.74 Å². The number of rotatable bonds is 2. The molecule has 0 aliphatic carbocycles. The lowest BCUT2D eigenvalue weighted by Crippen LogP contribution is -2.00. The minimum atomic E-state index is -2.78. The molecule has 1 aromatic rings. The summed E-state index contributed by atoms with van der Waals surface area (Å²) in [6.45, 7) is 1.38. The molecule has 0 saturated heterocycles. The van der Waals surface area contributed by atoms with E-state index in [-0.39, 0.29) is 5.69 Å². The van der Waals surface area contributed by atoms with E-state index in [1.165, 1.54) is 6.92 Å². The minimum Gasteiger partial charge on any atom is -0.493 e. The van der Waals surface area contributed by atoms with Crippen LogP contribution in [0.15, 0.2) is 6.20 Å². The van der Waals surface area contributed by atoms with Crippen molar-refractivity contribution in [2.24, 2.45) is 0 Å². The molecular weight excluding hydrogens is 183 g/mol. The van der Waals surface area contributed by atoms with Gasteiger partial charge in [0.05, 0.1) is 18.4 Å². The standard InChI is InChI=1S/C8H8F3NO/c1-4-6(9)7(13-2)5(3-12-4)8(10)11/h3,8H,1-2H3. The smallest absolute Gasteiger partial charge is 0.269 e. The molecule has 0 aliphatic heterocycles. The first-order valence-electron chi connectivity index (χ1n) is 3.55. The summed E-state index contributed by atoms with van der Waals surface area (Å²) in [5.74, 6) is -1.26. The Bertz CT molecular complexity index is 315. The number of hydrogen-bond donors (Lipinski definition) is 0. The zero-order valence-electron chi connectivity index (χ0n) is 7.14. The monoisotopic (exact) mass is 191 g/mol. The molecule has 0 amide bonds. The SMILES string of the molecule is COc1c(C(F)F)cnc(C)c1F. The summed E-state index contributed by atoms with van der Waals surface area (Å²) in [6.07, 6.45) is -1.86. The van der Waals surface area contributed by atoms with Crippen LogP contribution in [0.2, 0.25) is 0 Å². The predicted molar refractivity (Wildman–Crippen MR) is 40.4 cm³/mol. The maximum Gasteiger partial charge on any atom is 0.269 e. The van der Waals surface area contributed by atoms with Crippen LogP contribution in [0.25, 0.3) is 0 Å². The van der Waals surface area contributed by atoms with Gasteiger partial charge < -0.3 is 4.74 Å². The topological polar surface area (TPSA) is 22.1 Å². The van der Waals surface area contributed by atoms with Crippen LogP contribution in [0.1, 0.15) is 17.7 Å². The lowest BCUT2D eigenvalue weighted by atomic mass is 10.2. The average Bonchev–Trinajstić information content (AvgIpc) is 2.09. The Morgan fingerprint density at radius 3 is 2.54 bits per heavy atom. The van der Waals surface area contributed by atoms with Gasteiger partial charge in [-0.3, -0.25) is 4.98 Å². The summed E-state index contributed by atoms with van der Waals surface area (Å²) in [4.78, 5) is 3.47. The van der Waals surface area contributed by atoms with Crippen LogP contribution in [0.5, 0.6) is 5.75 Å². The van der Waals surface area contributed by atoms with E-state index in [1.807, 2.05) is 0 Å². The van der Waals surface area contributed by atoms with Crippen molar-refractivity contribution in [3.05, 3.63) is 23.3 Å². The van der Waals surface area contributed by atoms with Crippen LogP contribution in [0, 0.1) is 12.7 Å². The van der Waals surface area contributed by atoms with Gasteiger partial charge in [0.25, 0.3) is 6.43 Å². The molecule has 2 nitrogen and oxygen atoms in total. The lowest BCUT2D eigenvalue weighted by Gasteiger charge is -2.08. The zero-order valence-corrected chi connectivity index (χ0v) is 7.14. The number of ether oxygens (including phenoxy) is 1. The van der Waals surface area contributed by atoms with Crippen molar-refractivity contribution < 1.29 is 17.9 Å². The van der Waals surface area contributed by atoms with Crippen molar-refractivity contribution in [1.82, 2.24) is 4.98 Å². The largest absolute Gasteiger partial charge is 0.493 e. The third-order valence-electron chi connectivity index (χ3n) is 1.62. The molecule has 1 rings (SSSR count). The Morgan fingerprint density at radius 1 is 1.46 bits per heavy atom. The highest BCUT2D eigenvalue weighted by Crippen LogP contribution is 2.31. The van der Waals surface area contributed by atoms with Crippen LogP contribution in [0.3, 0.4) is 0 Å². The van der Waals surface area contributed by atoms with Crippen LogP contribution >= 0.6 is 0 Å². The summed E-state index contributed by atoms with van der Waals surface area (Å²) in [5.41, 5.74) is -0.480. The van der Waals surface area contributed by atoms with E-state index in [4.69, 9.17) is 0 Å². The van der Waals surface area contributed by atoms with E-state index in [0.29, 0.717) is 0 Å². The van der Waals surface area contributed by atoms with Gasteiger partial charge >= 0.3 is 0 Å². The third-order valence-corrected chi connectivity index (χ3v) is 1.62. The zero-order chi connectivity index (χ0) is 10.0. The maximum atomic E-state index is 13.1. The van der Waals surface area contributed by atoms with Crippen molar-refractivity contribution in [3.63, 3.8) is 0 Å². The molecule has 0 bridgehead atoms. The van der Waals surface area contributed by atoms with E-state index in [2.05, 4.69) is 9.72 Å². The second-order valence-electron chi connectivity index (χ2n) is 2.45. The summed E-state index contributed by atoms with van der Waals surface area (Å²) >= 11 is 0. The normalized spacial score (nSPS) is 10.6. The second kappa shape index (κ2) is 3.64. The Kier molecular flexibility index (Phi) is 2.75. The molecule has 0 unspecified atom stereocenters. The fourth-order valence-electron chi connectivity index (χ4n) is 0.936. The van der Waals surface area contributed by atoms with Crippen molar-refractivity contribution in [2.75, 3.05) is 7.11 Å². The molecule has 0 N–H and O–H groups in total. The number of aryl methyl sites for hydroxylation is 1. The Labute approximate surface area is 73.4 Å². The molecule has 0 spiro atoms. The fraction of sp³-hybridized carbons (Fsp3) is 0.375. The van der Waals surface area contributed by atoms with Gasteiger partial charge in [-0.15, -0.1) is 0 Å². The van der Waals surface area contributed by atoms with Gasteiger partial charge in [0.15, 0.2) is 11.6 Å². The summed E-state index contributed by atoms with van der Waals surface area (Å²) < 4.78 is 42.1. The van der Waals surface area contributed by atoms with Gasteiger partial charge in [-0.2, -0.15) is 0 Å². The Hall–Kier alpha value is -1.26. The van der Waals surface area contributed by atoms with Crippen LogP contribution in [0.4, 0.5) is 13.2 Å². The number of pyridine rings is 1. The minimum absolute atomic E-state index is 0.0428. The first-order chi connectivity index (χ1) is 6.07. The number of methoxy groups -OCH3 is 1.